The molecule has 0 heterocycles. The zero-order chi connectivity index (χ0) is 15.6. The molecule has 0 aromatic heterocycles. The molecule has 1 aliphatic carbocycles. The molecule has 1 aliphatic rings. The minimum Gasteiger partial charge on any atom is -0.409 e. The molecule has 21 heavy (non-hydrogen) atoms. The Morgan fingerprint density at radius 1 is 1.38 bits per heavy atom. The number of oxime groups is 1. The monoisotopic (exact) mass is 353 g/mol. The molecule has 1 aromatic rings. The van der Waals surface area contributed by atoms with Gasteiger partial charge in [-0.05, 0) is 49.3 Å². The van der Waals surface area contributed by atoms with Crippen molar-refractivity contribution >= 4 is 27.5 Å². The van der Waals surface area contributed by atoms with Crippen molar-refractivity contribution in [1.29, 1.82) is 0 Å². The van der Waals surface area contributed by atoms with Crippen LogP contribution in [0.25, 0.3) is 0 Å². The lowest BCUT2D eigenvalue weighted by Gasteiger charge is -2.40. The quantitative estimate of drug-likeness (QED) is 0.374. The third kappa shape index (κ3) is 3.70. The molecule has 116 valence electrons. The Hall–Kier alpha value is -1.23. The van der Waals surface area contributed by atoms with E-state index < -0.39 is 0 Å². The standard InChI is InChI=1S/C16H24BrN3O/c1-16(2)8-6-12(7-9-16)20(3)14-10-11(17)4-5-13(14)15(18)19-21/h4-5,10,12,21H,6-9H2,1-3H3,(H2,18,19). The van der Waals surface area contributed by atoms with E-state index in [0.29, 0.717) is 11.5 Å². The van der Waals surface area contributed by atoms with Gasteiger partial charge in [0.2, 0.25) is 0 Å². The van der Waals surface area contributed by atoms with E-state index in [0.717, 1.165) is 15.7 Å². The molecule has 4 nitrogen and oxygen atoms in total. The van der Waals surface area contributed by atoms with Crippen LogP contribution in [0.2, 0.25) is 0 Å². The Labute approximate surface area is 135 Å². The molecule has 0 aliphatic heterocycles. The molecule has 3 N–H and O–H groups in total. The van der Waals surface area contributed by atoms with Gasteiger partial charge in [-0.2, -0.15) is 0 Å². The van der Waals surface area contributed by atoms with Crippen molar-refractivity contribution in [3.63, 3.8) is 0 Å². The predicted octanol–water partition coefficient (Wildman–Crippen LogP) is 3.95. The van der Waals surface area contributed by atoms with Gasteiger partial charge >= 0.3 is 0 Å². The molecule has 0 unspecified atom stereocenters. The van der Waals surface area contributed by atoms with Crippen molar-refractivity contribution in [2.45, 2.75) is 45.6 Å². The first-order chi connectivity index (χ1) is 9.84. The Morgan fingerprint density at radius 3 is 2.57 bits per heavy atom. The molecule has 1 saturated carbocycles. The van der Waals surface area contributed by atoms with Crippen molar-refractivity contribution in [2.75, 3.05) is 11.9 Å². The average molecular weight is 354 g/mol. The van der Waals surface area contributed by atoms with Crippen LogP contribution in [0.5, 0.6) is 0 Å². The molecule has 1 fully saturated rings. The van der Waals surface area contributed by atoms with E-state index in [1.807, 2.05) is 18.2 Å². The van der Waals surface area contributed by atoms with E-state index in [-0.39, 0.29) is 5.84 Å². The van der Waals surface area contributed by atoms with E-state index in [1.165, 1.54) is 25.7 Å². The Morgan fingerprint density at radius 2 is 2.00 bits per heavy atom. The van der Waals surface area contributed by atoms with Gasteiger partial charge in [0.15, 0.2) is 5.84 Å². The molecule has 5 heteroatoms. The summed E-state index contributed by atoms with van der Waals surface area (Å²) < 4.78 is 0.995. The van der Waals surface area contributed by atoms with Crippen LogP contribution in [-0.2, 0) is 0 Å². The summed E-state index contributed by atoms with van der Waals surface area (Å²) in [5.41, 5.74) is 8.04. The van der Waals surface area contributed by atoms with Gasteiger partial charge < -0.3 is 15.8 Å². The molecular formula is C16H24BrN3O. The first-order valence-electron chi connectivity index (χ1n) is 7.34. The van der Waals surface area contributed by atoms with Gasteiger partial charge in [-0.25, -0.2) is 0 Å². The molecule has 2 rings (SSSR count). The highest BCUT2D eigenvalue weighted by atomic mass is 79.9. The van der Waals surface area contributed by atoms with E-state index in [9.17, 15) is 0 Å². The topological polar surface area (TPSA) is 61.8 Å². The normalized spacial score (nSPS) is 19.5. The second-order valence-corrected chi connectivity index (χ2v) is 7.57. The highest BCUT2D eigenvalue weighted by molar-refractivity contribution is 9.10. The van der Waals surface area contributed by atoms with Gasteiger partial charge in [0.05, 0.1) is 0 Å². The fraction of sp³-hybridized carbons (Fsp3) is 0.562. The maximum atomic E-state index is 8.98. The number of rotatable bonds is 3. The van der Waals surface area contributed by atoms with E-state index in [4.69, 9.17) is 10.9 Å². The van der Waals surface area contributed by atoms with Crippen molar-refractivity contribution in [2.24, 2.45) is 16.3 Å². The third-order valence-electron chi connectivity index (χ3n) is 4.58. The summed E-state index contributed by atoms with van der Waals surface area (Å²) in [5, 5.41) is 12.1. The van der Waals surface area contributed by atoms with Gasteiger partial charge in [-0.3, -0.25) is 0 Å². The summed E-state index contributed by atoms with van der Waals surface area (Å²) in [6.07, 6.45) is 4.81. The maximum absolute atomic E-state index is 8.98. The molecule has 0 saturated heterocycles. The van der Waals surface area contributed by atoms with Crippen molar-refractivity contribution in [3.05, 3.63) is 28.2 Å². The highest BCUT2D eigenvalue weighted by Gasteiger charge is 2.29. The Bertz CT molecular complexity index is 532. The minimum atomic E-state index is 0.153. The van der Waals surface area contributed by atoms with E-state index in [1.54, 1.807) is 0 Å². The Kier molecular flexibility index (Phi) is 4.81. The fourth-order valence-electron chi connectivity index (χ4n) is 3.04. The number of anilines is 1. The molecule has 0 spiro atoms. The minimum absolute atomic E-state index is 0.153. The lowest BCUT2D eigenvalue weighted by atomic mass is 9.75. The lowest BCUT2D eigenvalue weighted by Crippen LogP contribution is -2.38. The average Bonchev–Trinajstić information content (AvgIpc) is 2.45. The van der Waals surface area contributed by atoms with Crippen molar-refractivity contribution < 1.29 is 5.21 Å². The first kappa shape index (κ1) is 16.1. The molecule has 1 aromatic carbocycles. The number of nitrogens with two attached hydrogens (primary N) is 1. The van der Waals surface area contributed by atoms with E-state index >= 15 is 0 Å². The number of benzene rings is 1. The zero-order valence-corrected chi connectivity index (χ0v) is 14.5. The van der Waals surface area contributed by atoms with Crippen LogP contribution in [0.4, 0.5) is 5.69 Å². The van der Waals surface area contributed by atoms with Gasteiger partial charge in [-0.1, -0.05) is 34.9 Å². The van der Waals surface area contributed by atoms with Crippen LogP contribution < -0.4 is 10.6 Å². The summed E-state index contributed by atoms with van der Waals surface area (Å²) in [5.74, 6) is 0.153. The van der Waals surface area contributed by atoms with Crippen LogP contribution >= 0.6 is 15.9 Å². The van der Waals surface area contributed by atoms with Crippen LogP contribution in [0, 0.1) is 5.41 Å². The SMILES string of the molecule is CN(c1cc(Br)ccc1/C(N)=N/O)C1CCC(C)(C)CC1. The second-order valence-electron chi connectivity index (χ2n) is 6.65. The van der Waals surface area contributed by atoms with Gasteiger partial charge in [0, 0.05) is 28.8 Å². The molecule has 0 radical (unpaired) electrons. The van der Waals surface area contributed by atoms with Crippen LogP contribution in [0.15, 0.2) is 27.8 Å². The van der Waals surface area contributed by atoms with Crippen LogP contribution in [-0.4, -0.2) is 24.1 Å². The summed E-state index contributed by atoms with van der Waals surface area (Å²) in [4.78, 5) is 2.27. The largest absolute Gasteiger partial charge is 0.409 e. The number of nitrogens with zero attached hydrogens (tertiary/aromatic N) is 2. The molecule has 0 amide bonds. The van der Waals surface area contributed by atoms with Gasteiger partial charge in [0.25, 0.3) is 0 Å². The van der Waals surface area contributed by atoms with Gasteiger partial charge in [-0.15, -0.1) is 0 Å². The lowest BCUT2D eigenvalue weighted by molar-refractivity contribution is 0.222. The van der Waals surface area contributed by atoms with E-state index in [2.05, 4.69) is 46.9 Å². The fourth-order valence-corrected chi connectivity index (χ4v) is 3.38. The second kappa shape index (κ2) is 6.26. The predicted molar refractivity (Wildman–Crippen MR) is 91.1 cm³/mol. The number of halogens is 1. The molecular weight excluding hydrogens is 330 g/mol. The number of hydrogen-bond acceptors (Lipinski definition) is 3. The number of amidine groups is 1. The summed E-state index contributed by atoms with van der Waals surface area (Å²) in [6, 6.07) is 6.33. The first-order valence-corrected chi connectivity index (χ1v) is 8.13. The van der Waals surface area contributed by atoms with Gasteiger partial charge in [0.1, 0.15) is 0 Å². The Balaban J connectivity index is 2.27. The van der Waals surface area contributed by atoms with Crippen molar-refractivity contribution in [1.82, 2.24) is 0 Å². The van der Waals surface area contributed by atoms with Crippen molar-refractivity contribution in [3.8, 4) is 0 Å². The molecule has 0 atom stereocenters. The summed E-state index contributed by atoms with van der Waals surface area (Å²) >= 11 is 3.51. The highest BCUT2D eigenvalue weighted by Crippen LogP contribution is 2.38. The smallest absolute Gasteiger partial charge is 0.172 e. The molecule has 0 bridgehead atoms. The number of hydrogen-bond donors (Lipinski definition) is 2. The summed E-state index contributed by atoms with van der Waals surface area (Å²) in [7, 11) is 2.10. The van der Waals surface area contributed by atoms with Crippen LogP contribution in [0.3, 0.4) is 0 Å². The zero-order valence-electron chi connectivity index (χ0n) is 12.9. The summed E-state index contributed by atoms with van der Waals surface area (Å²) in [6.45, 7) is 4.67. The maximum Gasteiger partial charge on any atom is 0.172 e. The third-order valence-corrected chi connectivity index (χ3v) is 5.07. The van der Waals surface area contributed by atoms with Crippen LogP contribution in [0.1, 0.15) is 45.1 Å².